The molecular formula is C22H23ClN6O3. The summed E-state index contributed by atoms with van der Waals surface area (Å²) in [4.78, 5) is 15.5. The van der Waals surface area contributed by atoms with Crippen molar-refractivity contribution in [2.75, 3.05) is 17.2 Å². The van der Waals surface area contributed by atoms with Gasteiger partial charge in [0.05, 0.1) is 16.3 Å². The number of aryl methyl sites for hydroxylation is 1. The van der Waals surface area contributed by atoms with Crippen molar-refractivity contribution in [2.45, 2.75) is 25.5 Å². The zero-order valence-corrected chi connectivity index (χ0v) is 18.2. The molecule has 1 unspecified atom stereocenters. The molecule has 0 amide bonds. The van der Waals surface area contributed by atoms with Gasteiger partial charge in [0, 0.05) is 36.7 Å². The lowest BCUT2D eigenvalue weighted by molar-refractivity contribution is 0.0343. The first-order chi connectivity index (χ1) is 15.5. The molecule has 3 aromatic rings. The van der Waals surface area contributed by atoms with Gasteiger partial charge in [0.15, 0.2) is 5.82 Å². The van der Waals surface area contributed by atoms with Crippen molar-refractivity contribution in [3.63, 3.8) is 0 Å². The second kappa shape index (κ2) is 9.37. The first kappa shape index (κ1) is 21.8. The molecule has 1 fully saturated rings. The molecule has 4 N–H and O–H groups in total. The van der Waals surface area contributed by atoms with Crippen molar-refractivity contribution in [3.05, 3.63) is 52.5 Å². The molecule has 0 aliphatic carbocycles. The average molecular weight is 455 g/mol. The minimum absolute atomic E-state index is 0.0915. The first-order valence-corrected chi connectivity index (χ1v) is 10.6. The number of carboxylic acid groups (broad SMARTS) is 1. The van der Waals surface area contributed by atoms with Crippen LogP contribution in [0.5, 0.6) is 0 Å². The van der Waals surface area contributed by atoms with Gasteiger partial charge in [0.2, 0.25) is 5.95 Å². The molecule has 32 heavy (non-hydrogen) atoms. The molecule has 1 atom stereocenters. The van der Waals surface area contributed by atoms with Gasteiger partial charge in [0.1, 0.15) is 6.23 Å². The molecule has 9 nitrogen and oxygen atoms in total. The fourth-order valence-electron chi connectivity index (χ4n) is 3.48. The number of halogens is 1. The quantitative estimate of drug-likeness (QED) is 0.387. The maximum atomic E-state index is 11.0. The third-order valence-electron chi connectivity index (χ3n) is 5.22. The largest absolute Gasteiger partial charge is 0.478 e. The highest BCUT2D eigenvalue weighted by molar-refractivity contribution is 6.36. The minimum atomic E-state index is -0.988. The maximum Gasteiger partial charge on any atom is 0.335 e. The molecule has 4 rings (SSSR count). The van der Waals surface area contributed by atoms with Gasteiger partial charge in [-0.15, -0.1) is 5.10 Å². The highest BCUT2D eigenvalue weighted by Crippen LogP contribution is 2.33. The molecule has 0 bridgehead atoms. The van der Waals surface area contributed by atoms with Crippen LogP contribution in [0.25, 0.3) is 11.4 Å². The second-order valence-electron chi connectivity index (χ2n) is 7.42. The Morgan fingerprint density at radius 1 is 1.25 bits per heavy atom. The lowest BCUT2D eigenvalue weighted by atomic mass is 10.1. The Labute approximate surface area is 189 Å². The van der Waals surface area contributed by atoms with Crippen LogP contribution in [0.3, 0.4) is 0 Å². The Hall–Kier alpha value is -3.43. The number of benzene rings is 2. The smallest absolute Gasteiger partial charge is 0.335 e. The van der Waals surface area contributed by atoms with Crippen LogP contribution in [0.2, 0.25) is 5.02 Å². The molecule has 2 heterocycles. The van der Waals surface area contributed by atoms with Crippen LogP contribution < -0.4 is 10.6 Å². The molecule has 1 aliphatic heterocycles. The topological polar surface area (TPSA) is 125 Å². The summed E-state index contributed by atoms with van der Waals surface area (Å²) in [6.07, 6.45) is 4.18. The number of hydrogen-bond donors (Lipinski definition) is 4. The fourth-order valence-corrected chi connectivity index (χ4v) is 3.75. The Bertz CT molecular complexity index is 1140. The van der Waals surface area contributed by atoms with Crippen molar-refractivity contribution in [1.82, 2.24) is 14.8 Å². The number of carboxylic acids is 1. The highest BCUT2D eigenvalue weighted by Gasteiger charge is 2.18. The fraction of sp³-hybridized carbons (Fsp3) is 0.273. The third kappa shape index (κ3) is 4.58. The second-order valence-corrected chi connectivity index (χ2v) is 7.80. The van der Waals surface area contributed by atoms with E-state index in [1.807, 2.05) is 12.1 Å². The van der Waals surface area contributed by atoms with E-state index in [2.05, 4.69) is 20.7 Å². The number of nitrogens with one attached hydrogen (secondary N) is 3. The Balaban J connectivity index is 1.56. The standard InChI is InChI=1S/C22H23ClN6O3/c1-29-22(27-20(28-29)13-5-7-14(8-6-13)21(30)31)26-17-10-9-16(15(12-24)19(17)23)25-18-4-2-3-11-32-18/h5-10,12,18,24-25H,2-4,11H2,1H3,(H,30,31)(H,26,27,28). The zero-order valence-electron chi connectivity index (χ0n) is 17.4. The summed E-state index contributed by atoms with van der Waals surface area (Å²) in [6, 6.07) is 10.0. The zero-order chi connectivity index (χ0) is 22.7. The van der Waals surface area contributed by atoms with Crippen molar-refractivity contribution >= 4 is 41.1 Å². The number of ether oxygens (including phenoxy) is 1. The van der Waals surface area contributed by atoms with Gasteiger partial charge in [-0.1, -0.05) is 23.7 Å². The summed E-state index contributed by atoms with van der Waals surface area (Å²) in [6.45, 7) is 0.721. The molecule has 0 radical (unpaired) electrons. The van der Waals surface area contributed by atoms with E-state index in [-0.39, 0.29) is 11.8 Å². The van der Waals surface area contributed by atoms with Crippen LogP contribution in [-0.4, -0.2) is 44.9 Å². The summed E-state index contributed by atoms with van der Waals surface area (Å²) in [5.41, 5.74) is 2.76. The highest BCUT2D eigenvalue weighted by atomic mass is 35.5. The number of rotatable bonds is 7. The third-order valence-corrected chi connectivity index (χ3v) is 5.63. The minimum Gasteiger partial charge on any atom is -0.478 e. The van der Waals surface area contributed by atoms with Crippen molar-refractivity contribution in [3.8, 4) is 11.4 Å². The van der Waals surface area contributed by atoms with Crippen LogP contribution in [-0.2, 0) is 11.8 Å². The van der Waals surface area contributed by atoms with E-state index >= 15 is 0 Å². The van der Waals surface area contributed by atoms with Crippen LogP contribution in [0.15, 0.2) is 36.4 Å². The van der Waals surface area contributed by atoms with Gasteiger partial charge in [0.25, 0.3) is 0 Å². The number of aromatic nitrogens is 3. The van der Waals surface area contributed by atoms with Crippen molar-refractivity contribution in [1.29, 1.82) is 5.41 Å². The summed E-state index contributed by atoms with van der Waals surface area (Å²) >= 11 is 6.60. The first-order valence-electron chi connectivity index (χ1n) is 10.2. The molecule has 0 saturated carbocycles. The maximum absolute atomic E-state index is 11.0. The summed E-state index contributed by atoms with van der Waals surface area (Å²) in [5, 5.41) is 28.2. The molecule has 166 valence electrons. The average Bonchev–Trinajstić information content (AvgIpc) is 3.17. The molecule has 0 spiro atoms. The Morgan fingerprint density at radius 2 is 2.00 bits per heavy atom. The molecule has 10 heteroatoms. The van der Waals surface area contributed by atoms with Gasteiger partial charge >= 0.3 is 5.97 Å². The summed E-state index contributed by atoms with van der Waals surface area (Å²) < 4.78 is 7.30. The number of aromatic carboxylic acids is 1. The van der Waals surface area contributed by atoms with E-state index in [1.54, 1.807) is 23.9 Å². The number of hydrogen-bond acceptors (Lipinski definition) is 7. The van der Waals surface area contributed by atoms with Crippen molar-refractivity contribution < 1.29 is 14.6 Å². The van der Waals surface area contributed by atoms with E-state index in [0.29, 0.717) is 33.6 Å². The molecule has 2 aromatic carbocycles. The van der Waals surface area contributed by atoms with Gasteiger partial charge in [-0.3, -0.25) is 0 Å². The molecule has 1 aliphatic rings. The van der Waals surface area contributed by atoms with Crippen LogP contribution in [0, 0.1) is 5.41 Å². The van der Waals surface area contributed by atoms with Crippen molar-refractivity contribution in [2.24, 2.45) is 7.05 Å². The predicted octanol–water partition coefficient (Wildman–Crippen LogP) is 4.51. The van der Waals surface area contributed by atoms with Gasteiger partial charge in [-0.05, 0) is 43.5 Å². The van der Waals surface area contributed by atoms with E-state index in [0.717, 1.165) is 31.6 Å². The lowest BCUT2D eigenvalue weighted by Gasteiger charge is -2.25. The molecule has 1 aromatic heterocycles. The van der Waals surface area contributed by atoms with Crippen LogP contribution in [0.1, 0.15) is 35.2 Å². The SMILES string of the molecule is Cn1nc(-c2ccc(C(=O)O)cc2)nc1Nc1ccc(NC2CCCCO2)c(C=N)c1Cl. The van der Waals surface area contributed by atoms with Gasteiger partial charge < -0.3 is 25.9 Å². The Kier molecular flexibility index (Phi) is 6.38. The van der Waals surface area contributed by atoms with Crippen LogP contribution in [0.4, 0.5) is 17.3 Å². The molecule has 1 saturated heterocycles. The summed E-state index contributed by atoms with van der Waals surface area (Å²) in [7, 11) is 1.74. The lowest BCUT2D eigenvalue weighted by Crippen LogP contribution is -2.27. The van der Waals surface area contributed by atoms with Gasteiger partial charge in [-0.25, -0.2) is 9.48 Å². The number of anilines is 3. The number of carbonyl (C=O) groups is 1. The number of nitrogens with zero attached hydrogens (tertiary/aromatic N) is 3. The predicted molar refractivity (Wildman–Crippen MR) is 123 cm³/mol. The van der Waals surface area contributed by atoms with E-state index < -0.39 is 5.97 Å². The van der Waals surface area contributed by atoms with Gasteiger partial charge in [-0.2, -0.15) is 4.98 Å². The monoisotopic (exact) mass is 454 g/mol. The van der Waals surface area contributed by atoms with Crippen LogP contribution >= 0.6 is 11.6 Å². The Morgan fingerprint density at radius 3 is 2.66 bits per heavy atom. The summed E-state index contributed by atoms with van der Waals surface area (Å²) in [5.74, 6) is -0.0861. The normalized spacial score (nSPS) is 15.9. The van der Waals surface area contributed by atoms with E-state index in [4.69, 9.17) is 26.9 Å². The van der Waals surface area contributed by atoms with E-state index in [9.17, 15) is 4.79 Å². The van der Waals surface area contributed by atoms with E-state index in [1.165, 1.54) is 18.3 Å². The molecular weight excluding hydrogens is 432 g/mol.